The third-order valence-electron chi connectivity index (χ3n) is 1.49. The smallest absolute Gasteiger partial charge is 0.327 e. The second-order valence-electron chi connectivity index (χ2n) is 2.90. The Morgan fingerprint density at radius 2 is 1.93 bits per heavy atom. The lowest BCUT2D eigenvalue weighted by Gasteiger charge is -2.11. The monoisotopic (exact) mass is 214 g/mol. The number of carboxylic acids is 1. The zero-order chi connectivity index (χ0) is 11.8. The minimum absolute atomic E-state index is 0.120. The molecule has 6 heteroatoms. The van der Waals surface area contributed by atoms with E-state index in [4.69, 9.17) is 5.11 Å². The molecule has 0 unspecified atom stereocenters. The molecule has 0 radical (unpaired) electrons. The van der Waals surface area contributed by atoms with Crippen LogP contribution in [0.15, 0.2) is 12.2 Å². The van der Waals surface area contributed by atoms with E-state index in [0.717, 1.165) is 12.2 Å². The van der Waals surface area contributed by atoms with Gasteiger partial charge in [-0.25, -0.2) is 4.79 Å². The van der Waals surface area contributed by atoms with Gasteiger partial charge in [-0.3, -0.25) is 9.59 Å². The van der Waals surface area contributed by atoms with E-state index < -0.39 is 17.9 Å². The highest BCUT2D eigenvalue weighted by Gasteiger charge is 2.17. The quantitative estimate of drug-likeness (QED) is 0.489. The molecule has 3 N–H and O–H groups in total. The van der Waals surface area contributed by atoms with Crippen LogP contribution in [-0.2, 0) is 14.4 Å². The molecule has 0 aliphatic heterocycles. The van der Waals surface area contributed by atoms with Crippen molar-refractivity contribution in [2.45, 2.75) is 13.0 Å². The molecule has 0 aromatic carbocycles. The first-order valence-corrected chi connectivity index (χ1v) is 4.34. The highest BCUT2D eigenvalue weighted by atomic mass is 16.4. The third kappa shape index (κ3) is 6.39. The van der Waals surface area contributed by atoms with E-state index >= 15 is 0 Å². The summed E-state index contributed by atoms with van der Waals surface area (Å²) in [7, 11) is 1.58. The van der Waals surface area contributed by atoms with Crippen molar-refractivity contribution >= 4 is 17.7 Å². The maximum absolute atomic E-state index is 11.1. The Morgan fingerprint density at radius 3 is 2.33 bits per heavy atom. The van der Waals surface area contributed by atoms with Crippen LogP contribution in [0, 0.1) is 0 Å². The van der Waals surface area contributed by atoms with E-state index in [0.29, 0.717) is 0 Å². The molecule has 0 aliphatic carbocycles. The van der Waals surface area contributed by atoms with Gasteiger partial charge in [0.05, 0.1) is 0 Å². The van der Waals surface area contributed by atoms with Gasteiger partial charge in [0.1, 0.15) is 6.04 Å². The molecule has 0 bridgehead atoms. The third-order valence-corrected chi connectivity index (χ3v) is 1.49. The Kier molecular flexibility index (Phi) is 5.96. The number of hydrogen-bond donors (Lipinski definition) is 3. The molecule has 0 aliphatic rings. The van der Waals surface area contributed by atoms with E-state index in [9.17, 15) is 14.4 Å². The van der Waals surface area contributed by atoms with Crippen molar-refractivity contribution in [1.29, 1.82) is 0 Å². The van der Waals surface area contributed by atoms with Gasteiger partial charge in [0.25, 0.3) is 0 Å². The van der Waals surface area contributed by atoms with Crippen LogP contribution in [0.25, 0.3) is 0 Å². The van der Waals surface area contributed by atoms with Crippen LogP contribution in [-0.4, -0.2) is 42.4 Å². The highest BCUT2D eigenvalue weighted by molar-refractivity contribution is 5.97. The second kappa shape index (κ2) is 6.72. The summed E-state index contributed by atoms with van der Waals surface area (Å²) >= 11 is 0. The fraction of sp³-hybridized carbons (Fsp3) is 0.444. The molecule has 1 amide bonds. The van der Waals surface area contributed by atoms with Crippen LogP contribution in [0.3, 0.4) is 0 Å². The van der Waals surface area contributed by atoms with Gasteiger partial charge in [0, 0.05) is 12.6 Å². The van der Waals surface area contributed by atoms with Gasteiger partial charge in [0.15, 0.2) is 5.78 Å². The minimum atomic E-state index is -1.13. The van der Waals surface area contributed by atoms with Crippen LogP contribution in [0.5, 0.6) is 0 Å². The van der Waals surface area contributed by atoms with Crippen LogP contribution in [0.2, 0.25) is 0 Å². The van der Waals surface area contributed by atoms with Gasteiger partial charge in [-0.1, -0.05) is 0 Å². The Labute approximate surface area is 87.3 Å². The van der Waals surface area contributed by atoms with Gasteiger partial charge >= 0.3 is 5.97 Å². The van der Waals surface area contributed by atoms with Crippen LogP contribution in [0.1, 0.15) is 6.92 Å². The van der Waals surface area contributed by atoms with Gasteiger partial charge < -0.3 is 15.7 Å². The van der Waals surface area contributed by atoms with E-state index in [2.05, 4.69) is 10.6 Å². The average molecular weight is 214 g/mol. The lowest BCUT2D eigenvalue weighted by Crippen LogP contribution is -2.46. The summed E-state index contributed by atoms with van der Waals surface area (Å²) in [6.07, 6.45) is 2.08. The topological polar surface area (TPSA) is 95.5 Å². The normalized spacial score (nSPS) is 12.4. The molecule has 0 aromatic heterocycles. The van der Waals surface area contributed by atoms with Gasteiger partial charge in [0.2, 0.25) is 5.91 Å². The highest BCUT2D eigenvalue weighted by Crippen LogP contribution is 1.84. The lowest BCUT2D eigenvalue weighted by molar-refractivity contribution is -0.141. The number of rotatable bonds is 6. The number of allylic oxidation sites excluding steroid dienone is 1. The van der Waals surface area contributed by atoms with E-state index in [1.807, 2.05) is 0 Å². The fourth-order valence-electron chi connectivity index (χ4n) is 0.817. The number of aliphatic carboxylic acids is 1. The molecular formula is C9H14N2O4. The van der Waals surface area contributed by atoms with Crippen molar-refractivity contribution in [3.05, 3.63) is 12.2 Å². The molecule has 0 rings (SSSR count). The van der Waals surface area contributed by atoms with Crippen LogP contribution >= 0.6 is 0 Å². The predicted octanol–water partition coefficient (Wildman–Crippen LogP) is -1.08. The number of amides is 1. The maximum Gasteiger partial charge on any atom is 0.327 e. The van der Waals surface area contributed by atoms with Gasteiger partial charge in [-0.2, -0.15) is 0 Å². The van der Waals surface area contributed by atoms with E-state index in [1.165, 1.54) is 6.92 Å². The minimum Gasteiger partial charge on any atom is -0.480 e. The zero-order valence-corrected chi connectivity index (χ0v) is 8.61. The number of carbonyl (C=O) groups is 3. The number of ketones is 1. The molecular weight excluding hydrogens is 200 g/mol. The standard InChI is InChI=1S/C9H14N2O4/c1-6(12)3-4-8(13)11-7(5-10-2)9(14)15/h3-4,7,10H,5H2,1-2H3,(H,11,13)(H,14,15)/b4-3+/t7-/m1/s1. The first-order chi connectivity index (χ1) is 6.97. The van der Waals surface area contributed by atoms with Crippen molar-refractivity contribution in [3.8, 4) is 0 Å². The summed E-state index contributed by atoms with van der Waals surface area (Å²) < 4.78 is 0. The first kappa shape index (κ1) is 13.3. The van der Waals surface area contributed by atoms with Crippen molar-refractivity contribution in [2.24, 2.45) is 0 Å². The predicted molar refractivity (Wildman–Crippen MR) is 53.3 cm³/mol. The summed E-state index contributed by atoms with van der Waals surface area (Å²) in [5.74, 6) is -2.01. The molecule has 1 atom stereocenters. The van der Waals surface area contributed by atoms with E-state index in [1.54, 1.807) is 7.05 Å². The molecule has 0 spiro atoms. The maximum atomic E-state index is 11.1. The summed E-state index contributed by atoms with van der Waals surface area (Å²) in [4.78, 5) is 32.2. The Balaban J connectivity index is 4.23. The SMILES string of the molecule is CNC[C@@H](NC(=O)/C=C/C(C)=O)C(=O)O. The van der Waals surface area contributed by atoms with Crippen molar-refractivity contribution in [1.82, 2.24) is 10.6 Å². The second-order valence-corrected chi connectivity index (χ2v) is 2.90. The first-order valence-electron chi connectivity index (χ1n) is 4.34. The molecule has 84 valence electrons. The Bertz CT molecular complexity index is 286. The van der Waals surface area contributed by atoms with Gasteiger partial charge in [-0.15, -0.1) is 0 Å². The van der Waals surface area contributed by atoms with Crippen LogP contribution < -0.4 is 10.6 Å². The Morgan fingerprint density at radius 1 is 1.33 bits per heavy atom. The summed E-state index contributed by atoms with van der Waals surface area (Å²) in [5, 5.41) is 13.6. The molecule has 15 heavy (non-hydrogen) atoms. The Hall–Kier alpha value is -1.69. The molecule has 0 fully saturated rings. The molecule has 0 heterocycles. The molecule has 6 nitrogen and oxygen atoms in total. The number of carbonyl (C=O) groups excluding carboxylic acids is 2. The summed E-state index contributed by atoms with van der Waals surface area (Å²) in [6.45, 7) is 1.42. The van der Waals surface area contributed by atoms with Crippen LogP contribution in [0.4, 0.5) is 0 Å². The number of carboxylic acid groups (broad SMARTS) is 1. The summed E-state index contributed by atoms with van der Waals surface area (Å²) in [6, 6.07) is -1.00. The van der Waals surface area contributed by atoms with E-state index in [-0.39, 0.29) is 12.3 Å². The number of hydrogen-bond acceptors (Lipinski definition) is 4. The lowest BCUT2D eigenvalue weighted by atomic mass is 10.3. The fourth-order valence-corrected chi connectivity index (χ4v) is 0.817. The largest absolute Gasteiger partial charge is 0.480 e. The van der Waals surface area contributed by atoms with Gasteiger partial charge in [-0.05, 0) is 20.0 Å². The molecule has 0 saturated carbocycles. The average Bonchev–Trinajstić information content (AvgIpc) is 2.14. The molecule has 0 saturated heterocycles. The number of likely N-dealkylation sites (N-methyl/N-ethyl adjacent to an activating group) is 1. The summed E-state index contributed by atoms with van der Waals surface area (Å²) in [5.41, 5.74) is 0. The van der Waals surface area contributed by atoms with Crippen molar-refractivity contribution in [3.63, 3.8) is 0 Å². The van der Waals surface area contributed by atoms with Crippen molar-refractivity contribution in [2.75, 3.05) is 13.6 Å². The zero-order valence-electron chi connectivity index (χ0n) is 8.61. The number of nitrogens with one attached hydrogen (secondary N) is 2. The molecule has 0 aromatic rings. The van der Waals surface area contributed by atoms with Crippen molar-refractivity contribution < 1.29 is 19.5 Å².